The Hall–Kier alpha value is -3.49. The van der Waals surface area contributed by atoms with E-state index in [1.807, 2.05) is 42.5 Å². The van der Waals surface area contributed by atoms with E-state index in [9.17, 15) is 8.42 Å². The van der Waals surface area contributed by atoms with Crippen molar-refractivity contribution in [3.63, 3.8) is 0 Å². The summed E-state index contributed by atoms with van der Waals surface area (Å²) in [7, 11) is -3.81. The highest BCUT2D eigenvalue weighted by Gasteiger charge is 2.18. The van der Waals surface area contributed by atoms with Crippen LogP contribution in [0.3, 0.4) is 0 Å². The second-order valence-electron chi connectivity index (χ2n) is 6.98. The van der Waals surface area contributed by atoms with Crippen molar-refractivity contribution in [1.29, 1.82) is 0 Å². The first-order chi connectivity index (χ1) is 15.0. The van der Waals surface area contributed by atoms with E-state index in [1.54, 1.807) is 24.3 Å². The molecule has 8 heteroatoms. The van der Waals surface area contributed by atoms with Gasteiger partial charge in [-0.05, 0) is 41.8 Å². The number of aromatic nitrogens is 2. The van der Waals surface area contributed by atoms with Gasteiger partial charge in [0.25, 0.3) is 10.0 Å². The fourth-order valence-corrected chi connectivity index (χ4v) is 4.15. The number of nitrogens with zero attached hydrogens (tertiary/aromatic N) is 2. The highest BCUT2D eigenvalue weighted by molar-refractivity contribution is 7.92. The number of hydrogen-bond donors (Lipinski definition) is 3. The number of aliphatic hydroxyl groups excluding tert-OH is 1. The third-order valence-corrected chi connectivity index (χ3v) is 6.12. The normalized spacial score (nSPS) is 11.4. The molecule has 3 N–H and O–H groups in total. The summed E-state index contributed by atoms with van der Waals surface area (Å²) in [6.07, 6.45) is 0.699. The Balaban J connectivity index is 1.58. The van der Waals surface area contributed by atoms with Crippen molar-refractivity contribution >= 4 is 32.7 Å². The van der Waals surface area contributed by atoms with Crippen LogP contribution in [0.4, 0.5) is 11.6 Å². The van der Waals surface area contributed by atoms with Crippen molar-refractivity contribution in [1.82, 2.24) is 9.97 Å². The van der Waals surface area contributed by atoms with Gasteiger partial charge in [-0.1, -0.05) is 54.6 Å². The Morgan fingerprint density at radius 3 is 1.97 bits per heavy atom. The minimum absolute atomic E-state index is 0.0100. The summed E-state index contributed by atoms with van der Waals surface area (Å²) in [6.45, 7) is 0.543. The molecule has 0 fully saturated rings. The van der Waals surface area contributed by atoms with Crippen molar-refractivity contribution in [2.75, 3.05) is 16.6 Å². The average Bonchev–Trinajstić information content (AvgIpc) is 2.80. The lowest BCUT2D eigenvalue weighted by Crippen LogP contribution is -2.17. The monoisotopic (exact) mass is 434 g/mol. The van der Waals surface area contributed by atoms with Crippen LogP contribution >= 0.6 is 0 Å². The number of rotatable bonds is 8. The molecule has 0 aliphatic carbocycles. The summed E-state index contributed by atoms with van der Waals surface area (Å²) in [5.41, 5.74) is 3.21. The van der Waals surface area contributed by atoms with Gasteiger partial charge in [0, 0.05) is 6.54 Å². The number of benzene rings is 3. The zero-order valence-corrected chi connectivity index (χ0v) is 17.5. The largest absolute Gasteiger partial charge is 0.392 e. The number of fused-ring (bicyclic) bond motifs is 1. The number of nitrogens with one attached hydrogen (secondary N) is 2. The Morgan fingerprint density at radius 1 is 0.742 bits per heavy atom. The standard InChI is InChI=1S/C23H22N4O3S/c28-16-18-12-10-17(11-13-18)14-15-24-22-23(26-21-9-5-4-8-20(21)25-22)27-31(29,30)19-6-2-1-3-7-19/h1-13,28H,14-16H2,(H,24,25)(H,26,27). The maximum atomic E-state index is 12.8. The quantitative estimate of drug-likeness (QED) is 0.392. The number of anilines is 2. The van der Waals surface area contributed by atoms with Crippen LogP contribution in [-0.4, -0.2) is 30.0 Å². The van der Waals surface area contributed by atoms with Gasteiger partial charge in [0.1, 0.15) is 0 Å². The molecule has 0 unspecified atom stereocenters. The van der Waals surface area contributed by atoms with Gasteiger partial charge in [0.2, 0.25) is 0 Å². The molecule has 4 rings (SSSR count). The Kier molecular flexibility index (Phi) is 6.11. The van der Waals surface area contributed by atoms with Gasteiger partial charge in [0.05, 0.1) is 22.5 Å². The minimum atomic E-state index is -3.81. The molecule has 0 saturated heterocycles. The molecule has 1 aromatic heterocycles. The molecule has 0 aliphatic heterocycles. The molecule has 0 saturated carbocycles. The second kappa shape index (κ2) is 9.11. The van der Waals surface area contributed by atoms with E-state index < -0.39 is 10.0 Å². The molecule has 0 atom stereocenters. The lowest BCUT2D eigenvalue weighted by atomic mass is 10.1. The summed E-state index contributed by atoms with van der Waals surface area (Å²) in [4.78, 5) is 9.22. The second-order valence-corrected chi connectivity index (χ2v) is 8.66. The van der Waals surface area contributed by atoms with E-state index in [2.05, 4.69) is 20.0 Å². The van der Waals surface area contributed by atoms with Crippen molar-refractivity contribution in [2.45, 2.75) is 17.9 Å². The van der Waals surface area contributed by atoms with Gasteiger partial charge in [0.15, 0.2) is 11.6 Å². The molecule has 0 spiro atoms. The maximum Gasteiger partial charge on any atom is 0.263 e. The first kappa shape index (κ1) is 20.8. The molecule has 3 aromatic carbocycles. The zero-order valence-electron chi connectivity index (χ0n) is 16.7. The van der Waals surface area contributed by atoms with Gasteiger partial charge in [-0.3, -0.25) is 4.72 Å². The third-order valence-electron chi connectivity index (χ3n) is 4.77. The first-order valence-corrected chi connectivity index (χ1v) is 11.3. The lowest BCUT2D eigenvalue weighted by Gasteiger charge is -2.14. The summed E-state index contributed by atoms with van der Waals surface area (Å²) in [6, 6.07) is 23.1. The van der Waals surface area contributed by atoms with Crippen molar-refractivity contribution in [2.24, 2.45) is 0 Å². The molecule has 0 aliphatic rings. The molecule has 1 heterocycles. The number of hydrogen-bond acceptors (Lipinski definition) is 6. The van der Waals surface area contributed by atoms with Gasteiger partial charge in [-0.2, -0.15) is 0 Å². The first-order valence-electron chi connectivity index (χ1n) is 9.82. The molecule has 0 amide bonds. The third kappa shape index (κ3) is 4.99. The smallest absolute Gasteiger partial charge is 0.263 e. The van der Waals surface area contributed by atoms with Crippen LogP contribution in [-0.2, 0) is 23.1 Å². The van der Waals surface area contributed by atoms with E-state index in [0.29, 0.717) is 29.8 Å². The molecular weight excluding hydrogens is 412 g/mol. The molecule has 158 valence electrons. The fourth-order valence-electron chi connectivity index (χ4n) is 3.12. The average molecular weight is 435 g/mol. The predicted octanol–water partition coefficient (Wildman–Crippen LogP) is 3.58. The van der Waals surface area contributed by atoms with Crippen LogP contribution in [0.5, 0.6) is 0 Å². The van der Waals surface area contributed by atoms with Crippen LogP contribution < -0.4 is 10.0 Å². The van der Waals surface area contributed by atoms with Gasteiger partial charge < -0.3 is 10.4 Å². The van der Waals surface area contributed by atoms with Gasteiger partial charge in [-0.15, -0.1) is 0 Å². The van der Waals surface area contributed by atoms with Gasteiger partial charge >= 0.3 is 0 Å². The van der Waals surface area contributed by atoms with Crippen LogP contribution in [0.2, 0.25) is 0 Å². The summed E-state index contributed by atoms with van der Waals surface area (Å²) >= 11 is 0. The van der Waals surface area contributed by atoms with E-state index >= 15 is 0 Å². The highest BCUT2D eigenvalue weighted by Crippen LogP contribution is 2.24. The Morgan fingerprint density at radius 2 is 1.32 bits per heavy atom. The topological polar surface area (TPSA) is 104 Å². The molecule has 7 nitrogen and oxygen atoms in total. The number of sulfonamides is 1. The van der Waals surface area contributed by atoms with E-state index in [0.717, 1.165) is 11.1 Å². The summed E-state index contributed by atoms with van der Waals surface area (Å²) in [5.74, 6) is 0.517. The van der Waals surface area contributed by atoms with E-state index in [4.69, 9.17) is 5.11 Å². The molecule has 31 heavy (non-hydrogen) atoms. The minimum Gasteiger partial charge on any atom is -0.392 e. The maximum absolute atomic E-state index is 12.8. The molecule has 4 aromatic rings. The molecular formula is C23H22N4O3S. The number of aliphatic hydroxyl groups is 1. The van der Waals surface area contributed by atoms with E-state index in [1.165, 1.54) is 12.1 Å². The van der Waals surface area contributed by atoms with Crippen molar-refractivity contribution in [3.8, 4) is 0 Å². The van der Waals surface area contributed by atoms with Crippen LogP contribution in [0.25, 0.3) is 11.0 Å². The summed E-state index contributed by atoms with van der Waals surface area (Å²) < 4.78 is 28.2. The van der Waals surface area contributed by atoms with Crippen molar-refractivity contribution < 1.29 is 13.5 Å². The molecule has 0 radical (unpaired) electrons. The van der Waals surface area contributed by atoms with Crippen LogP contribution in [0.1, 0.15) is 11.1 Å². The predicted molar refractivity (Wildman–Crippen MR) is 121 cm³/mol. The number of para-hydroxylation sites is 2. The van der Waals surface area contributed by atoms with Crippen molar-refractivity contribution in [3.05, 3.63) is 90.0 Å². The van der Waals surface area contributed by atoms with Crippen LogP contribution in [0, 0.1) is 0 Å². The SMILES string of the molecule is O=S(=O)(Nc1nc2ccccc2nc1NCCc1ccc(CO)cc1)c1ccccc1. The van der Waals surface area contributed by atoms with E-state index in [-0.39, 0.29) is 17.3 Å². The lowest BCUT2D eigenvalue weighted by molar-refractivity contribution is 0.282. The Bertz CT molecular complexity index is 1280. The summed E-state index contributed by atoms with van der Waals surface area (Å²) in [5, 5.41) is 12.4. The fraction of sp³-hybridized carbons (Fsp3) is 0.130. The highest BCUT2D eigenvalue weighted by atomic mass is 32.2. The van der Waals surface area contributed by atoms with Crippen LogP contribution in [0.15, 0.2) is 83.8 Å². The molecule has 0 bridgehead atoms. The Labute approximate surface area is 180 Å². The van der Waals surface area contributed by atoms with Gasteiger partial charge in [-0.25, -0.2) is 18.4 Å². The zero-order chi connectivity index (χ0) is 21.7.